The fourth-order valence-corrected chi connectivity index (χ4v) is 2.28. The van der Waals surface area contributed by atoms with Gasteiger partial charge >= 0.3 is 0 Å². The summed E-state index contributed by atoms with van der Waals surface area (Å²) < 4.78 is 11.2. The lowest BCUT2D eigenvalue weighted by Gasteiger charge is -2.19. The van der Waals surface area contributed by atoms with Gasteiger partial charge in [0.2, 0.25) is 5.91 Å². The molecule has 0 aliphatic carbocycles. The van der Waals surface area contributed by atoms with Gasteiger partial charge in [0.25, 0.3) is 0 Å². The smallest absolute Gasteiger partial charge is 0.223 e. The van der Waals surface area contributed by atoms with Gasteiger partial charge in [0, 0.05) is 0 Å². The maximum Gasteiger partial charge on any atom is 0.223 e. The molecule has 0 saturated carbocycles. The normalized spacial score (nSPS) is 11.0. The number of carbonyl (C=O) groups excluding carboxylic acids is 1. The molecule has 4 heteroatoms. The third kappa shape index (κ3) is 6.87. The summed E-state index contributed by atoms with van der Waals surface area (Å²) in [4.78, 5) is 11.8. The van der Waals surface area contributed by atoms with Crippen LogP contribution in [0.3, 0.4) is 0 Å². The zero-order chi connectivity index (χ0) is 18.1. The zero-order valence-electron chi connectivity index (χ0n) is 15.2. The zero-order valence-corrected chi connectivity index (χ0v) is 15.2. The lowest BCUT2D eigenvalue weighted by Crippen LogP contribution is -2.29. The molecule has 1 amide bonds. The van der Waals surface area contributed by atoms with E-state index in [0.29, 0.717) is 26.2 Å². The Bertz CT molecular complexity index is 645. The summed E-state index contributed by atoms with van der Waals surface area (Å²) in [5, 5.41) is 2.83. The van der Waals surface area contributed by atoms with Crippen molar-refractivity contribution in [2.45, 2.75) is 32.6 Å². The Morgan fingerprint density at radius 1 is 0.880 bits per heavy atom. The highest BCUT2D eigenvalue weighted by Gasteiger charge is 2.12. The number of benzene rings is 2. The van der Waals surface area contributed by atoms with Crippen molar-refractivity contribution >= 4 is 5.91 Å². The van der Waals surface area contributed by atoms with Crippen LogP contribution in [0.1, 0.15) is 32.8 Å². The van der Waals surface area contributed by atoms with Gasteiger partial charge in [0.1, 0.15) is 18.1 Å². The van der Waals surface area contributed by atoms with Gasteiger partial charge in [-0.2, -0.15) is 0 Å². The van der Waals surface area contributed by atoms with Gasteiger partial charge in [-0.3, -0.25) is 4.79 Å². The molecule has 0 saturated heterocycles. The second kappa shape index (κ2) is 9.11. The molecule has 0 bridgehead atoms. The van der Waals surface area contributed by atoms with Gasteiger partial charge in [0.15, 0.2) is 0 Å². The van der Waals surface area contributed by atoms with Crippen molar-refractivity contribution in [2.75, 3.05) is 19.8 Å². The van der Waals surface area contributed by atoms with Crippen LogP contribution in [0.15, 0.2) is 54.6 Å². The van der Waals surface area contributed by atoms with Gasteiger partial charge in [-0.05, 0) is 35.2 Å². The molecule has 134 valence electrons. The van der Waals surface area contributed by atoms with Gasteiger partial charge in [-0.15, -0.1) is 0 Å². The molecular weight excluding hydrogens is 314 g/mol. The SMILES string of the molecule is CC(C)(C)c1ccc(OCCNC(=O)CCOc2ccccc2)cc1. The van der Waals surface area contributed by atoms with E-state index in [0.717, 1.165) is 11.5 Å². The number of para-hydroxylation sites is 1. The Labute approximate surface area is 150 Å². The highest BCUT2D eigenvalue weighted by molar-refractivity contribution is 5.75. The minimum Gasteiger partial charge on any atom is -0.493 e. The molecule has 25 heavy (non-hydrogen) atoms. The standard InChI is InChI=1S/C21H27NO3/c1-21(2,3)17-9-11-19(12-10-17)25-16-14-22-20(23)13-15-24-18-7-5-4-6-8-18/h4-12H,13-16H2,1-3H3,(H,22,23). The molecule has 4 nitrogen and oxygen atoms in total. The third-order valence-electron chi connectivity index (χ3n) is 3.75. The van der Waals surface area contributed by atoms with E-state index in [1.165, 1.54) is 5.56 Å². The van der Waals surface area contributed by atoms with E-state index in [-0.39, 0.29) is 11.3 Å². The number of ether oxygens (including phenoxy) is 2. The largest absolute Gasteiger partial charge is 0.493 e. The van der Waals surface area contributed by atoms with Crippen LogP contribution in [-0.4, -0.2) is 25.7 Å². The molecule has 0 aromatic heterocycles. The van der Waals surface area contributed by atoms with Gasteiger partial charge < -0.3 is 14.8 Å². The van der Waals surface area contributed by atoms with Crippen LogP contribution in [0.5, 0.6) is 11.5 Å². The predicted molar refractivity (Wildman–Crippen MR) is 100 cm³/mol. The van der Waals surface area contributed by atoms with Gasteiger partial charge in [-0.25, -0.2) is 0 Å². The van der Waals surface area contributed by atoms with E-state index in [1.54, 1.807) is 0 Å². The monoisotopic (exact) mass is 341 g/mol. The molecule has 0 heterocycles. The Hall–Kier alpha value is -2.49. The Morgan fingerprint density at radius 2 is 1.48 bits per heavy atom. The number of rotatable bonds is 8. The molecule has 0 atom stereocenters. The summed E-state index contributed by atoms with van der Waals surface area (Å²) in [6.45, 7) is 7.83. The molecule has 0 unspecified atom stereocenters. The number of hydrogen-bond acceptors (Lipinski definition) is 3. The number of hydrogen-bond donors (Lipinski definition) is 1. The quantitative estimate of drug-likeness (QED) is 0.740. The minimum atomic E-state index is -0.0392. The summed E-state index contributed by atoms with van der Waals surface area (Å²) in [6.07, 6.45) is 0.329. The van der Waals surface area contributed by atoms with Crippen LogP contribution in [0.4, 0.5) is 0 Å². The van der Waals surface area contributed by atoms with Gasteiger partial charge in [-0.1, -0.05) is 51.1 Å². The van der Waals surface area contributed by atoms with E-state index < -0.39 is 0 Å². The average molecular weight is 341 g/mol. The molecular formula is C21H27NO3. The molecule has 0 radical (unpaired) electrons. The van der Waals surface area contributed by atoms with E-state index >= 15 is 0 Å². The van der Waals surface area contributed by atoms with Crippen LogP contribution < -0.4 is 14.8 Å². The van der Waals surface area contributed by atoms with Crippen LogP contribution in [0.25, 0.3) is 0 Å². The van der Waals surface area contributed by atoms with E-state index in [4.69, 9.17) is 9.47 Å². The maximum absolute atomic E-state index is 11.8. The molecule has 0 aliphatic heterocycles. The Kier molecular flexibility index (Phi) is 6.87. The van der Waals surface area contributed by atoms with Gasteiger partial charge in [0.05, 0.1) is 19.6 Å². The highest BCUT2D eigenvalue weighted by Crippen LogP contribution is 2.24. The van der Waals surface area contributed by atoms with Crippen molar-refractivity contribution in [1.82, 2.24) is 5.32 Å². The molecule has 1 N–H and O–H groups in total. The van der Waals surface area contributed by atoms with Crippen molar-refractivity contribution in [1.29, 1.82) is 0 Å². The molecule has 2 rings (SSSR count). The lowest BCUT2D eigenvalue weighted by atomic mass is 9.87. The third-order valence-corrected chi connectivity index (χ3v) is 3.75. The molecule has 0 aliphatic rings. The van der Waals surface area contributed by atoms with Crippen molar-refractivity contribution in [3.8, 4) is 11.5 Å². The average Bonchev–Trinajstić information content (AvgIpc) is 2.59. The minimum absolute atomic E-state index is 0.0392. The second-order valence-electron chi connectivity index (χ2n) is 6.88. The van der Waals surface area contributed by atoms with Crippen molar-refractivity contribution in [3.63, 3.8) is 0 Å². The fraction of sp³-hybridized carbons (Fsp3) is 0.381. The van der Waals surface area contributed by atoms with Crippen molar-refractivity contribution in [3.05, 3.63) is 60.2 Å². The first-order chi connectivity index (χ1) is 11.9. The summed E-state index contributed by atoms with van der Waals surface area (Å²) in [6, 6.07) is 17.6. The number of amides is 1. The fourth-order valence-electron chi connectivity index (χ4n) is 2.28. The Balaban J connectivity index is 1.60. The number of nitrogens with one attached hydrogen (secondary N) is 1. The summed E-state index contributed by atoms with van der Waals surface area (Å²) in [5.74, 6) is 1.55. The summed E-state index contributed by atoms with van der Waals surface area (Å²) >= 11 is 0. The lowest BCUT2D eigenvalue weighted by molar-refractivity contribution is -0.121. The summed E-state index contributed by atoms with van der Waals surface area (Å²) in [7, 11) is 0. The van der Waals surface area contributed by atoms with Crippen molar-refractivity contribution in [2.24, 2.45) is 0 Å². The van der Waals surface area contributed by atoms with Crippen molar-refractivity contribution < 1.29 is 14.3 Å². The van der Waals surface area contributed by atoms with E-state index in [2.05, 4.69) is 38.2 Å². The van der Waals surface area contributed by atoms with Crippen LogP contribution in [0, 0.1) is 0 Å². The molecule has 0 fully saturated rings. The predicted octanol–water partition coefficient (Wildman–Crippen LogP) is 3.95. The molecule has 2 aromatic carbocycles. The topological polar surface area (TPSA) is 47.6 Å². The maximum atomic E-state index is 11.8. The first-order valence-electron chi connectivity index (χ1n) is 8.63. The van der Waals surface area contributed by atoms with E-state index in [1.807, 2.05) is 42.5 Å². The second-order valence-corrected chi connectivity index (χ2v) is 6.88. The Morgan fingerprint density at radius 3 is 2.12 bits per heavy atom. The molecule has 0 spiro atoms. The first kappa shape index (κ1) is 18.8. The highest BCUT2D eigenvalue weighted by atomic mass is 16.5. The first-order valence-corrected chi connectivity index (χ1v) is 8.63. The van der Waals surface area contributed by atoms with Crippen LogP contribution >= 0.6 is 0 Å². The molecule has 2 aromatic rings. The number of carbonyl (C=O) groups is 1. The van der Waals surface area contributed by atoms with Crippen LogP contribution in [0.2, 0.25) is 0 Å². The van der Waals surface area contributed by atoms with E-state index in [9.17, 15) is 4.79 Å². The summed E-state index contributed by atoms with van der Waals surface area (Å²) in [5.41, 5.74) is 1.40. The van der Waals surface area contributed by atoms with Crippen LogP contribution in [-0.2, 0) is 10.2 Å².